The van der Waals surface area contributed by atoms with Gasteiger partial charge in [0.05, 0.1) is 0 Å². The van der Waals surface area contributed by atoms with Crippen LogP contribution in [0, 0.1) is 0 Å². The van der Waals surface area contributed by atoms with Crippen molar-refractivity contribution in [1.29, 1.82) is 0 Å². The molecule has 6 heteroatoms. The molecule has 0 saturated carbocycles. The number of benzene rings is 1. The van der Waals surface area contributed by atoms with Gasteiger partial charge in [-0.25, -0.2) is 0 Å². The summed E-state index contributed by atoms with van der Waals surface area (Å²) in [4.78, 5) is 41.3. The summed E-state index contributed by atoms with van der Waals surface area (Å²) in [5.41, 5.74) is 1.96. The zero-order valence-corrected chi connectivity index (χ0v) is 13.3. The van der Waals surface area contributed by atoms with E-state index in [1.54, 1.807) is 14.7 Å². The molecule has 0 atom stereocenters. The molecule has 3 amide bonds. The fraction of sp³-hybridized carbons (Fsp3) is 0.471. The third-order valence-corrected chi connectivity index (χ3v) is 4.55. The van der Waals surface area contributed by atoms with Crippen LogP contribution >= 0.6 is 0 Å². The molecule has 0 radical (unpaired) electrons. The number of piperazine rings is 1. The molecule has 0 unspecified atom stereocenters. The van der Waals surface area contributed by atoms with Crippen molar-refractivity contribution in [2.75, 3.05) is 37.6 Å². The molecule has 1 aromatic rings. The lowest BCUT2D eigenvalue weighted by atomic mass is 10.0. The largest absolute Gasteiger partial charge is 0.339 e. The van der Waals surface area contributed by atoms with Crippen molar-refractivity contribution < 1.29 is 14.4 Å². The lowest BCUT2D eigenvalue weighted by molar-refractivity contribution is -0.147. The first-order chi connectivity index (χ1) is 11.1. The van der Waals surface area contributed by atoms with Crippen molar-refractivity contribution in [3.63, 3.8) is 0 Å². The Balaban J connectivity index is 1.70. The monoisotopic (exact) mass is 315 g/mol. The van der Waals surface area contributed by atoms with E-state index in [2.05, 4.69) is 0 Å². The van der Waals surface area contributed by atoms with Crippen molar-refractivity contribution in [2.45, 2.75) is 19.8 Å². The SMILES string of the molecule is CC(=O)N1CCN(C(=O)C(=O)N2CCCc3ccccc32)CC1. The highest BCUT2D eigenvalue weighted by molar-refractivity contribution is 6.40. The van der Waals surface area contributed by atoms with E-state index in [0.717, 1.165) is 24.1 Å². The summed E-state index contributed by atoms with van der Waals surface area (Å²) in [7, 11) is 0. The van der Waals surface area contributed by atoms with E-state index >= 15 is 0 Å². The van der Waals surface area contributed by atoms with Crippen molar-refractivity contribution in [2.24, 2.45) is 0 Å². The number of hydrogen-bond donors (Lipinski definition) is 0. The van der Waals surface area contributed by atoms with Crippen molar-refractivity contribution in [3.8, 4) is 0 Å². The maximum atomic E-state index is 12.6. The molecule has 3 rings (SSSR count). The van der Waals surface area contributed by atoms with E-state index < -0.39 is 11.8 Å². The molecule has 1 aromatic carbocycles. The summed E-state index contributed by atoms with van der Waals surface area (Å²) in [6, 6.07) is 7.74. The molecule has 0 N–H and O–H groups in total. The molecule has 0 spiro atoms. The van der Waals surface area contributed by atoms with Gasteiger partial charge in [-0.1, -0.05) is 18.2 Å². The van der Waals surface area contributed by atoms with E-state index in [-0.39, 0.29) is 5.91 Å². The molecule has 2 aliphatic heterocycles. The Kier molecular flexibility index (Phi) is 4.32. The van der Waals surface area contributed by atoms with Gasteiger partial charge in [-0.2, -0.15) is 0 Å². The van der Waals surface area contributed by atoms with Gasteiger partial charge in [0.15, 0.2) is 0 Å². The highest BCUT2D eigenvalue weighted by Crippen LogP contribution is 2.27. The van der Waals surface area contributed by atoms with Crippen LogP contribution in [0.1, 0.15) is 18.9 Å². The standard InChI is InChI=1S/C17H21N3O3/c1-13(21)18-9-11-19(12-10-18)16(22)17(23)20-8-4-6-14-5-2-3-7-15(14)20/h2-3,5,7H,4,6,8-12H2,1H3. The Hall–Kier alpha value is -2.37. The number of carbonyl (C=O) groups excluding carboxylic acids is 3. The molecular formula is C17H21N3O3. The van der Waals surface area contributed by atoms with Crippen molar-refractivity contribution >= 4 is 23.4 Å². The normalized spacial score (nSPS) is 17.7. The van der Waals surface area contributed by atoms with E-state index in [1.165, 1.54) is 6.92 Å². The second kappa shape index (κ2) is 6.40. The molecule has 6 nitrogen and oxygen atoms in total. The molecular weight excluding hydrogens is 294 g/mol. The summed E-state index contributed by atoms with van der Waals surface area (Å²) in [5.74, 6) is -0.924. The molecule has 0 aliphatic carbocycles. The number of rotatable bonds is 0. The van der Waals surface area contributed by atoms with Crippen LogP contribution in [0.25, 0.3) is 0 Å². The summed E-state index contributed by atoms with van der Waals surface area (Å²) < 4.78 is 0. The second-order valence-corrected chi connectivity index (χ2v) is 5.99. The number of hydrogen-bond acceptors (Lipinski definition) is 3. The van der Waals surface area contributed by atoms with Gasteiger partial charge < -0.3 is 14.7 Å². The van der Waals surface area contributed by atoms with Gasteiger partial charge in [-0.15, -0.1) is 0 Å². The van der Waals surface area contributed by atoms with Crippen LogP contribution in [0.5, 0.6) is 0 Å². The quantitative estimate of drug-likeness (QED) is 0.661. The van der Waals surface area contributed by atoms with Crippen LogP contribution in [0.2, 0.25) is 0 Å². The lowest BCUT2D eigenvalue weighted by Crippen LogP contribution is -2.54. The van der Waals surface area contributed by atoms with Gasteiger partial charge in [-0.3, -0.25) is 14.4 Å². The summed E-state index contributed by atoms with van der Waals surface area (Å²) in [6.07, 6.45) is 1.81. The third-order valence-electron chi connectivity index (χ3n) is 4.55. The lowest BCUT2D eigenvalue weighted by Gasteiger charge is -2.35. The smallest absolute Gasteiger partial charge is 0.316 e. The first kappa shape index (κ1) is 15.5. The zero-order chi connectivity index (χ0) is 16.4. The van der Waals surface area contributed by atoms with Gasteiger partial charge in [-0.05, 0) is 24.5 Å². The number of amides is 3. The van der Waals surface area contributed by atoms with Crippen LogP contribution < -0.4 is 4.90 Å². The van der Waals surface area contributed by atoms with Gasteiger partial charge >= 0.3 is 11.8 Å². The number of anilines is 1. The van der Waals surface area contributed by atoms with Gasteiger partial charge in [0.1, 0.15) is 0 Å². The summed E-state index contributed by atoms with van der Waals surface area (Å²) in [5, 5.41) is 0. The predicted octanol–water partition coefficient (Wildman–Crippen LogP) is 0.657. The Morgan fingerprint density at radius 2 is 1.52 bits per heavy atom. The van der Waals surface area contributed by atoms with E-state index in [4.69, 9.17) is 0 Å². The maximum Gasteiger partial charge on any atom is 0.316 e. The van der Waals surface area contributed by atoms with Crippen LogP contribution in [-0.4, -0.2) is 60.2 Å². The average molecular weight is 315 g/mol. The summed E-state index contributed by atoms with van der Waals surface area (Å²) >= 11 is 0. The fourth-order valence-corrected chi connectivity index (χ4v) is 3.22. The highest BCUT2D eigenvalue weighted by Gasteiger charge is 2.32. The number of aryl methyl sites for hydroxylation is 1. The molecule has 23 heavy (non-hydrogen) atoms. The van der Waals surface area contributed by atoms with Gasteiger partial charge in [0.2, 0.25) is 5.91 Å². The van der Waals surface area contributed by atoms with Crippen LogP contribution in [0.3, 0.4) is 0 Å². The second-order valence-electron chi connectivity index (χ2n) is 5.99. The van der Waals surface area contributed by atoms with Gasteiger partial charge in [0, 0.05) is 45.3 Å². The molecule has 0 bridgehead atoms. The van der Waals surface area contributed by atoms with Crippen LogP contribution in [0.15, 0.2) is 24.3 Å². The number of nitrogens with zero attached hydrogens (tertiary/aromatic N) is 3. The molecule has 2 heterocycles. The van der Waals surface area contributed by atoms with E-state index in [9.17, 15) is 14.4 Å². The first-order valence-corrected chi connectivity index (χ1v) is 8.02. The van der Waals surface area contributed by atoms with Crippen molar-refractivity contribution in [1.82, 2.24) is 9.80 Å². The van der Waals surface area contributed by atoms with Crippen LogP contribution in [0.4, 0.5) is 5.69 Å². The fourth-order valence-electron chi connectivity index (χ4n) is 3.22. The molecule has 0 aromatic heterocycles. The average Bonchev–Trinajstić information content (AvgIpc) is 2.60. The minimum absolute atomic E-state index is 0.00776. The third kappa shape index (κ3) is 3.06. The Morgan fingerprint density at radius 1 is 0.870 bits per heavy atom. The first-order valence-electron chi connectivity index (χ1n) is 8.02. The van der Waals surface area contributed by atoms with Crippen molar-refractivity contribution in [3.05, 3.63) is 29.8 Å². The minimum atomic E-state index is -0.468. The predicted molar refractivity (Wildman–Crippen MR) is 86.0 cm³/mol. The highest BCUT2D eigenvalue weighted by atomic mass is 16.2. The molecule has 1 fully saturated rings. The molecule has 122 valence electrons. The number of carbonyl (C=O) groups is 3. The van der Waals surface area contributed by atoms with E-state index in [1.807, 2.05) is 24.3 Å². The molecule has 1 saturated heterocycles. The molecule has 2 aliphatic rings. The van der Waals surface area contributed by atoms with Crippen LogP contribution in [-0.2, 0) is 20.8 Å². The van der Waals surface area contributed by atoms with Gasteiger partial charge in [0.25, 0.3) is 0 Å². The summed E-state index contributed by atoms with van der Waals surface area (Å²) in [6.45, 7) is 3.91. The maximum absolute atomic E-state index is 12.6. The minimum Gasteiger partial charge on any atom is -0.339 e. The number of para-hydroxylation sites is 1. The zero-order valence-electron chi connectivity index (χ0n) is 13.3. The Morgan fingerprint density at radius 3 is 2.22 bits per heavy atom. The topological polar surface area (TPSA) is 60.9 Å². The Labute approximate surface area is 135 Å². The Bertz CT molecular complexity index is 636. The van der Waals surface area contributed by atoms with E-state index in [0.29, 0.717) is 32.7 Å². The number of fused-ring (bicyclic) bond motifs is 1.